The number of carbonyl (C=O) groups is 2. The molecule has 0 N–H and O–H groups in total. The number of methoxy groups -OCH3 is 1. The maximum Gasteiger partial charge on any atom is 0.737 e. The van der Waals surface area contributed by atoms with Gasteiger partial charge in [0.15, 0.2) is 5.70 Å². The van der Waals surface area contributed by atoms with Crippen LogP contribution in [0.1, 0.15) is 84.2 Å². The minimum absolute atomic E-state index is 0.226. The molecule has 2 aliphatic rings. The van der Waals surface area contributed by atoms with E-state index in [1.165, 1.54) is 16.1 Å². The Bertz CT molecular complexity index is 1700. The lowest BCUT2D eigenvalue weighted by atomic mass is 9.83. The second kappa shape index (κ2) is 10.9. The van der Waals surface area contributed by atoms with Crippen molar-refractivity contribution in [2.24, 2.45) is 0 Å². The lowest BCUT2D eigenvalue weighted by Gasteiger charge is -2.34. The molecule has 1 aromatic heterocycles. The molecule has 1 unspecified atom stereocenters. The molecular weight excluding hydrogens is 537 g/mol. The van der Waals surface area contributed by atoms with Crippen molar-refractivity contribution in [1.82, 2.24) is 4.48 Å². The van der Waals surface area contributed by atoms with Gasteiger partial charge in [0.2, 0.25) is 6.10 Å². The van der Waals surface area contributed by atoms with Gasteiger partial charge in [0.1, 0.15) is 5.71 Å². The molecule has 42 heavy (non-hydrogen) atoms. The van der Waals surface area contributed by atoms with E-state index in [0.29, 0.717) is 52.3 Å². The molecule has 6 nitrogen and oxygen atoms in total. The van der Waals surface area contributed by atoms with Crippen LogP contribution in [-0.2, 0) is 20.7 Å². The fourth-order valence-electron chi connectivity index (χ4n) is 6.69. The number of carbonyl (C=O) groups excluding carboxylic acids is 2. The zero-order valence-electron chi connectivity index (χ0n) is 25.0. The van der Waals surface area contributed by atoms with E-state index in [2.05, 4.69) is 0 Å². The standard InChI is InChI=1S/C33H35BF2N2O4/c1-8-26-19(3)29-28(30-20(4)27(9-2)22(6)38(30)34(35,36)37(29)21(26)5)23-15-17-25(18-16-23)32(39)42-31(33(40)41-7)24-13-11-10-12-14-24/h10-18,31H,8-9H2,1-7H3. The quantitative estimate of drug-likeness (QED) is 0.227. The Morgan fingerprint density at radius 3 is 2.17 bits per heavy atom. The molecule has 0 fully saturated rings. The maximum atomic E-state index is 16.5. The van der Waals surface area contributed by atoms with Gasteiger partial charge in [-0.25, -0.2) is 9.59 Å². The zero-order chi connectivity index (χ0) is 30.5. The summed E-state index contributed by atoms with van der Waals surface area (Å²) in [6, 6.07) is 15.4. The minimum atomic E-state index is -4.13. The number of halogens is 2. The Hall–Kier alpha value is -4.27. The van der Waals surface area contributed by atoms with E-state index >= 15 is 8.63 Å². The molecule has 218 valence electrons. The summed E-state index contributed by atoms with van der Waals surface area (Å²) >= 11 is 0. The fraction of sp³-hybridized carbons (Fsp3) is 0.303. The van der Waals surface area contributed by atoms with E-state index in [-0.39, 0.29) is 5.56 Å². The SMILES string of the molecule is CCC1=C(C)C2=C(c3ccc(C(=O)OC(C(=O)OC)c4ccccc4)cc3)c3c(C)c(CC)c(C)n3[B-](F)(F)[N+]2=C1C. The lowest BCUT2D eigenvalue weighted by Crippen LogP contribution is -2.51. The van der Waals surface area contributed by atoms with Crippen molar-refractivity contribution in [3.8, 4) is 0 Å². The molecular formula is C33H35BF2N2O4. The van der Waals surface area contributed by atoms with Gasteiger partial charge in [-0.2, -0.15) is 0 Å². The van der Waals surface area contributed by atoms with Crippen LogP contribution in [0.25, 0.3) is 5.57 Å². The first kappa shape index (κ1) is 29.2. The predicted molar refractivity (Wildman–Crippen MR) is 160 cm³/mol. The first-order valence-corrected chi connectivity index (χ1v) is 14.2. The number of ether oxygens (including phenoxy) is 2. The molecule has 2 aliphatic heterocycles. The summed E-state index contributed by atoms with van der Waals surface area (Å²) in [5, 5.41) is 0. The van der Waals surface area contributed by atoms with Gasteiger partial charge >= 0.3 is 18.9 Å². The van der Waals surface area contributed by atoms with Crippen molar-refractivity contribution in [3.63, 3.8) is 0 Å². The average Bonchev–Trinajstić information content (AvgIpc) is 3.40. The number of hydrogen-bond acceptors (Lipinski definition) is 4. The van der Waals surface area contributed by atoms with Gasteiger partial charge < -0.3 is 27.1 Å². The largest absolute Gasteiger partial charge is 0.737 e. The molecule has 3 aromatic rings. The van der Waals surface area contributed by atoms with E-state index in [1.54, 1.807) is 68.4 Å². The van der Waals surface area contributed by atoms with Crippen LogP contribution in [0.2, 0.25) is 0 Å². The molecule has 2 aromatic carbocycles. The van der Waals surface area contributed by atoms with Crippen LogP contribution in [0.5, 0.6) is 0 Å². The van der Waals surface area contributed by atoms with Crippen LogP contribution < -0.4 is 0 Å². The van der Waals surface area contributed by atoms with Crippen molar-refractivity contribution < 1.29 is 32.2 Å². The molecule has 9 heteroatoms. The van der Waals surface area contributed by atoms with Gasteiger partial charge in [-0.15, -0.1) is 0 Å². The summed E-state index contributed by atoms with van der Waals surface area (Å²) in [7, 11) is 1.24. The second-order valence-electron chi connectivity index (χ2n) is 10.8. The summed E-state index contributed by atoms with van der Waals surface area (Å²) in [5.41, 5.74) is 7.78. The normalized spacial score (nSPS) is 16.4. The second-order valence-corrected chi connectivity index (χ2v) is 10.8. The fourth-order valence-corrected chi connectivity index (χ4v) is 6.69. The molecule has 0 aliphatic carbocycles. The number of benzene rings is 2. The smallest absolute Gasteiger partial charge is 0.466 e. The van der Waals surface area contributed by atoms with E-state index in [0.717, 1.165) is 22.3 Å². The molecule has 1 atom stereocenters. The number of aromatic nitrogens is 1. The molecule has 0 saturated heterocycles. The van der Waals surface area contributed by atoms with Crippen molar-refractivity contribution >= 4 is 30.2 Å². The van der Waals surface area contributed by atoms with Crippen LogP contribution >= 0.6 is 0 Å². The van der Waals surface area contributed by atoms with Gasteiger partial charge in [0, 0.05) is 29.3 Å². The highest BCUT2D eigenvalue weighted by Crippen LogP contribution is 2.47. The molecule has 0 saturated carbocycles. The molecule has 0 radical (unpaired) electrons. The van der Waals surface area contributed by atoms with E-state index in [4.69, 9.17) is 9.47 Å². The van der Waals surface area contributed by atoms with Crippen molar-refractivity contribution in [1.29, 1.82) is 0 Å². The van der Waals surface area contributed by atoms with Crippen LogP contribution in [0.15, 0.2) is 71.4 Å². The Morgan fingerprint density at radius 1 is 0.952 bits per heavy atom. The Labute approximate surface area is 245 Å². The number of rotatable bonds is 7. The average molecular weight is 572 g/mol. The van der Waals surface area contributed by atoms with Crippen LogP contribution in [0, 0.1) is 13.8 Å². The molecule has 0 spiro atoms. The highest BCUT2D eigenvalue weighted by molar-refractivity contribution is 6.58. The minimum Gasteiger partial charge on any atom is -0.466 e. The predicted octanol–water partition coefficient (Wildman–Crippen LogP) is 6.95. The Morgan fingerprint density at radius 2 is 1.60 bits per heavy atom. The Kier molecular flexibility index (Phi) is 7.56. The van der Waals surface area contributed by atoms with E-state index in [1.807, 2.05) is 27.7 Å². The van der Waals surface area contributed by atoms with Gasteiger partial charge in [-0.05, 0) is 68.1 Å². The first-order chi connectivity index (χ1) is 20.0. The number of nitrogens with zero attached hydrogens (tertiary/aromatic N) is 2. The third-order valence-corrected chi connectivity index (χ3v) is 8.65. The highest BCUT2D eigenvalue weighted by atomic mass is 19.2. The van der Waals surface area contributed by atoms with Gasteiger partial charge in [-0.3, -0.25) is 0 Å². The van der Waals surface area contributed by atoms with Crippen LogP contribution in [0.4, 0.5) is 8.63 Å². The van der Waals surface area contributed by atoms with Crippen molar-refractivity contribution in [3.05, 3.63) is 111 Å². The van der Waals surface area contributed by atoms with Crippen molar-refractivity contribution in [2.75, 3.05) is 7.11 Å². The molecule has 5 rings (SSSR count). The summed E-state index contributed by atoms with van der Waals surface area (Å²) in [6.07, 6.45) is 0.0541. The molecule has 0 bridgehead atoms. The van der Waals surface area contributed by atoms with Crippen molar-refractivity contribution in [2.45, 2.75) is 60.5 Å². The molecule has 0 amide bonds. The number of hydrogen-bond donors (Lipinski definition) is 0. The molecule has 3 heterocycles. The van der Waals surface area contributed by atoms with Crippen LogP contribution in [-0.4, -0.2) is 40.7 Å². The topological polar surface area (TPSA) is 60.5 Å². The number of fused-ring (bicyclic) bond motifs is 2. The Balaban J connectivity index is 1.63. The summed E-state index contributed by atoms with van der Waals surface area (Å²) < 4.78 is 45.8. The monoisotopic (exact) mass is 572 g/mol. The third kappa shape index (κ3) is 4.33. The summed E-state index contributed by atoms with van der Waals surface area (Å²) in [6.45, 7) is 7.19. The van der Waals surface area contributed by atoms with Gasteiger partial charge in [0.05, 0.1) is 18.2 Å². The number of esters is 2. The van der Waals surface area contributed by atoms with Crippen LogP contribution in [0.3, 0.4) is 0 Å². The lowest BCUT2D eigenvalue weighted by molar-refractivity contribution is -0.363. The highest BCUT2D eigenvalue weighted by Gasteiger charge is 2.56. The third-order valence-electron chi connectivity index (χ3n) is 8.65. The van der Waals surface area contributed by atoms with E-state index in [9.17, 15) is 9.59 Å². The summed E-state index contributed by atoms with van der Waals surface area (Å²) in [5.74, 6) is -1.39. The number of allylic oxidation sites excluding steroid dienone is 2. The summed E-state index contributed by atoms with van der Waals surface area (Å²) in [4.78, 5) is 25.6. The van der Waals surface area contributed by atoms with Gasteiger partial charge in [-0.1, -0.05) is 56.3 Å². The van der Waals surface area contributed by atoms with E-state index < -0.39 is 25.0 Å². The van der Waals surface area contributed by atoms with Gasteiger partial charge in [0.25, 0.3) is 0 Å². The maximum absolute atomic E-state index is 16.5. The first-order valence-electron chi connectivity index (χ1n) is 14.2. The zero-order valence-corrected chi connectivity index (χ0v) is 25.0.